The Morgan fingerprint density at radius 1 is 1.33 bits per heavy atom. The van der Waals surface area contributed by atoms with Crippen LogP contribution in [0.2, 0.25) is 0 Å². The normalized spacial score (nSPS) is 15.0. The van der Waals surface area contributed by atoms with Gasteiger partial charge in [0.15, 0.2) is 0 Å². The Morgan fingerprint density at radius 3 is 2.88 bits per heavy atom. The second kappa shape index (κ2) is 6.33. The zero-order valence-electron chi connectivity index (χ0n) is 12.8. The molecule has 0 unspecified atom stereocenters. The van der Waals surface area contributed by atoms with Crippen LogP contribution in [0.4, 0.5) is 5.69 Å². The molecule has 0 spiro atoms. The molecule has 2 N–H and O–H groups in total. The van der Waals surface area contributed by atoms with E-state index in [1.165, 1.54) is 36.5 Å². The quantitative estimate of drug-likeness (QED) is 0.798. The number of nitrogens with zero attached hydrogens (tertiary/aromatic N) is 1. The topological polar surface area (TPSA) is 97.3 Å². The van der Waals surface area contributed by atoms with Gasteiger partial charge >= 0.3 is 0 Å². The highest BCUT2D eigenvalue weighted by Gasteiger charge is 2.30. The number of fused-ring (bicyclic) bond motifs is 2. The van der Waals surface area contributed by atoms with Crippen LogP contribution in [0.25, 0.3) is 0 Å². The number of thioether (sulfide) groups is 1. The van der Waals surface area contributed by atoms with Crippen LogP contribution in [0.3, 0.4) is 0 Å². The van der Waals surface area contributed by atoms with Gasteiger partial charge in [0.25, 0.3) is 21.8 Å². The fraction of sp³-hybridized carbons (Fsp3) is 0.200. The summed E-state index contributed by atoms with van der Waals surface area (Å²) in [7, 11) is -3.89. The first-order valence-corrected chi connectivity index (χ1v) is 9.94. The third kappa shape index (κ3) is 2.80. The summed E-state index contributed by atoms with van der Waals surface area (Å²) < 4.78 is 26.3. The zero-order valence-corrected chi connectivity index (χ0v) is 14.4. The Bertz CT molecular complexity index is 919. The molecule has 1 aromatic carbocycles. The molecule has 24 heavy (non-hydrogen) atoms. The molecule has 0 atom stereocenters. The molecule has 0 bridgehead atoms. The van der Waals surface area contributed by atoms with Crippen molar-refractivity contribution < 1.29 is 18.0 Å². The number of hydrogen-bond donors (Lipinski definition) is 2. The van der Waals surface area contributed by atoms with E-state index >= 15 is 0 Å². The number of hydrogen-bond acceptors (Lipinski definition) is 5. The van der Waals surface area contributed by atoms with E-state index in [1.54, 1.807) is 11.8 Å². The smallest absolute Gasteiger partial charge is 0.273 e. The third-order valence-electron chi connectivity index (χ3n) is 3.56. The summed E-state index contributed by atoms with van der Waals surface area (Å²) in [4.78, 5) is 24.3. The van der Waals surface area contributed by atoms with E-state index in [0.29, 0.717) is 6.54 Å². The largest absolute Gasteiger partial charge is 0.351 e. The first-order chi connectivity index (χ1) is 11.4. The Kier molecular flexibility index (Phi) is 4.37. The fourth-order valence-corrected chi connectivity index (χ4v) is 4.19. The lowest BCUT2D eigenvalue weighted by atomic mass is 10.2. The molecule has 0 saturated carbocycles. The number of aromatic nitrogens is 1. The molecule has 2 aromatic rings. The van der Waals surface area contributed by atoms with Gasteiger partial charge in [0.2, 0.25) is 0 Å². The number of amides is 2. The van der Waals surface area contributed by atoms with Gasteiger partial charge < -0.3 is 10.6 Å². The minimum Gasteiger partial charge on any atom is -0.351 e. The van der Waals surface area contributed by atoms with Crippen LogP contribution < -0.4 is 10.6 Å². The molecule has 0 radical (unpaired) electrons. The van der Waals surface area contributed by atoms with Gasteiger partial charge in [-0.25, -0.2) is 12.4 Å². The van der Waals surface area contributed by atoms with E-state index in [2.05, 4.69) is 10.6 Å². The summed E-state index contributed by atoms with van der Waals surface area (Å²) in [6.45, 7) is 0.507. The van der Waals surface area contributed by atoms with Gasteiger partial charge in [-0.15, -0.1) is 0 Å². The van der Waals surface area contributed by atoms with E-state index in [0.717, 1.165) is 9.73 Å². The van der Waals surface area contributed by atoms with E-state index < -0.39 is 15.9 Å². The molecule has 7 nitrogen and oxygen atoms in total. The number of nitrogens with one attached hydrogen (secondary N) is 2. The van der Waals surface area contributed by atoms with Gasteiger partial charge in [0, 0.05) is 24.1 Å². The van der Waals surface area contributed by atoms with E-state index in [9.17, 15) is 18.0 Å². The predicted molar refractivity (Wildman–Crippen MR) is 92.1 cm³/mol. The van der Waals surface area contributed by atoms with Gasteiger partial charge in [-0.1, -0.05) is 0 Å². The van der Waals surface area contributed by atoms with Crippen molar-refractivity contribution in [3.8, 4) is 0 Å². The highest BCUT2D eigenvalue weighted by molar-refractivity contribution is 7.98. The summed E-state index contributed by atoms with van der Waals surface area (Å²) in [5.41, 5.74) is 0.412. The Hall–Kier alpha value is -2.26. The highest BCUT2D eigenvalue weighted by atomic mass is 32.2. The summed E-state index contributed by atoms with van der Waals surface area (Å²) in [5.74, 6) is -0.0818. The van der Waals surface area contributed by atoms with E-state index in [1.807, 2.05) is 6.26 Å². The van der Waals surface area contributed by atoms with Crippen LogP contribution in [0.15, 0.2) is 41.4 Å². The summed E-state index contributed by atoms with van der Waals surface area (Å²) >= 11 is 1.60. The maximum atomic E-state index is 12.7. The Morgan fingerprint density at radius 2 is 2.12 bits per heavy atom. The van der Waals surface area contributed by atoms with Crippen molar-refractivity contribution in [1.29, 1.82) is 0 Å². The summed E-state index contributed by atoms with van der Waals surface area (Å²) in [6.07, 6.45) is 3.26. The van der Waals surface area contributed by atoms with Crippen LogP contribution in [0, 0.1) is 0 Å². The minimum atomic E-state index is -3.89. The Balaban J connectivity index is 2.00. The van der Waals surface area contributed by atoms with Crippen molar-refractivity contribution in [3.63, 3.8) is 0 Å². The first-order valence-electron chi connectivity index (χ1n) is 7.10. The molecular formula is C15H15N3O4S2. The van der Waals surface area contributed by atoms with Gasteiger partial charge in [-0.05, 0) is 36.6 Å². The van der Waals surface area contributed by atoms with Crippen molar-refractivity contribution in [2.45, 2.75) is 4.90 Å². The second-order valence-electron chi connectivity index (χ2n) is 5.11. The van der Waals surface area contributed by atoms with Crippen LogP contribution in [-0.4, -0.2) is 42.8 Å². The summed E-state index contributed by atoms with van der Waals surface area (Å²) in [6, 6.07) is 7.07. The molecule has 9 heteroatoms. The summed E-state index contributed by atoms with van der Waals surface area (Å²) in [5, 5.41) is 5.30. The average Bonchev–Trinajstić information content (AvgIpc) is 3.02. The number of rotatable bonds is 4. The van der Waals surface area contributed by atoms with E-state index in [4.69, 9.17) is 0 Å². The van der Waals surface area contributed by atoms with Gasteiger partial charge in [-0.3, -0.25) is 9.59 Å². The molecule has 126 valence electrons. The van der Waals surface area contributed by atoms with Crippen molar-refractivity contribution in [3.05, 3.63) is 47.8 Å². The number of carbonyl (C=O) groups excluding carboxylic acids is 2. The highest BCUT2D eigenvalue weighted by Crippen LogP contribution is 2.29. The first kappa shape index (κ1) is 16.6. The van der Waals surface area contributed by atoms with E-state index in [-0.39, 0.29) is 27.7 Å². The van der Waals surface area contributed by atoms with Crippen molar-refractivity contribution in [2.75, 3.05) is 23.9 Å². The van der Waals surface area contributed by atoms with Crippen LogP contribution in [0.1, 0.15) is 20.8 Å². The molecule has 0 fully saturated rings. The van der Waals surface area contributed by atoms with Gasteiger partial charge in [0.1, 0.15) is 10.6 Å². The van der Waals surface area contributed by atoms with Crippen molar-refractivity contribution in [1.82, 2.24) is 9.29 Å². The van der Waals surface area contributed by atoms with Crippen LogP contribution in [0.5, 0.6) is 0 Å². The van der Waals surface area contributed by atoms with Crippen molar-refractivity contribution >= 4 is 39.3 Å². The fourth-order valence-electron chi connectivity index (χ4n) is 2.41. The monoisotopic (exact) mass is 365 g/mol. The lowest BCUT2D eigenvalue weighted by molar-refractivity contribution is 0.0954. The zero-order chi connectivity index (χ0) is 17.3. The van der Waals surface area contributed by atoms with Crippen LogP contribution >= 0.6 is 11.8 Å². The molecule has 2 amide bonds. The minimum absolute atomic E-state index is 0.0252. The van der Waals surface area contributed by atoms with Gasteiger partial charge in [-0.2, -0.15) is 11.8 Å². The number of anilines is 1. The molecule has 0 saturated heterocycles. The predicted octanol–water partition coefficient (Wildman–Crippen LogP) is 1.38. The molecule has 2 heterocycles. The molecule has 0 aliphatic carbocycles. The van der Waals surface area contributed by atoms with Crippen molar-refractivity contribution in [2.24, 2.45) is 0 Å². The third-order valence-corrected chi connectivity index (χ3v) is 5.92. The molecule has 1 aliphatic heterocycles. The standard InChI is InChI=1S/C15H15N3O4S2/c1-23-8-6-16-14(19)10-4-5-13-11(9-10)17-15(20)12-3-2-7-18(12)24(13,21)22/h2-5,7,9H,6,8H2,1H3,(H,16,19)(H,17,20). The second-order valence-corrected chi connectivity index (χ2v) is 7.88. The lowest BCUT2D eigenvalue weighted by Crippen LogP contribution is -2.26. The van der Waals surface area contributed by atoms with Crippen LogP contribution in [-0.2, 0) is 10.0 Å². The Labute approximate surface area is 143 Å². The van der Waals surface area contributed by atoms with Gasteiger partial charge in [0.05, 0.1) is 5.69 Å². The number of carbonyl (C=O) groups is 2. The molecular weight excluding hydrogens is 350 g/mol. The molecule has 1 aliphatic rings. The average molecular weight is 365 g/mol. The maximum absolute atomic E-state index is 12.7. The SMILES string of the molecule is CSCCNC(=O)c1ccc2c(c1)NC(=O)c1cccn1S2(=O)=O. The number of benzene rings is 1. The lowest BCUT2D eigenvalue weighted by Gasteiger charge is -2.10. The molecule has 1 aromatic heterocycles. The molecule has 3 rings (SSSR count). The maximum Gasteiger partial charge on any atom is 0.273 e.